The van der Waals surface area contributed by atoms with Crippen LogP contribution < -0.4 is 22.3 Å². The Morgan fingerprint density at radius 3 is 2.47 bits per heavy atom. The molecule has 1 aromatic heterocycles. The van der Waals surface area contributed by atoms with Crippen molar-refractivity contribution >= 4 is 17.5 Å². The standard InChI is InChI=1S/C9H13F3N6O/c1-4(2-5(13)19)15-6-3-7(18-14)17-8(16-6)9(10,11)12/h3-4H,2,14H2,1H3,(H2,13,19)(H2,15,16,17,18). The van der Waals surface area contributed by atoms with Gasteiger partial charge in [0, 0.05) is 18.5 Å². The van der Waals surface area contributed by atoms with Crippen LogP contribution in [-0.2, 0) is 11.0 Å². The summed E-state index contributed by atoms with van der Waals surface area (Å²) in [4.78, 5) is 17.2. The molecule has 1 heterocycles. The van der Waals surface area contributed by atoms with Crippen LogP contribution in [0.25, 0.3) is 0 Å². The van der Waals surface area contributed by atoms with Crippen LogP contribution in [0.1, 0.15) is 19.2 Å². The first-order chi connectivity index (χ1) is 8.72. The zero-order valence-corrected chi connectivity index (χ0v) is 9.95. The number of hydrazine groups is 1. The van der Waals surface area contributed by atoms with Crippen molar-refractivity contribution in [2.45, 2.75) is 25.6 Å². The number of carbonyl (C=O) groups excluding carboxylic acids is 1. The number of nitrogens with zero attached hydrogens (tertiary/aromatic N) is 2. The van der Waals surface area contributed by atoms with E-state index in [1.165, 1.54) is 6.07 Å². The van der Waals surface area contributed by atoms with Gasteiger partial charge in [-0.25, -0.2) is 15.8 Å². The van der Waals surface area contributed by atoms with Gasteiger partial charge in [0.05, 0.1) is 0 Å². The van der Waals surface area contributed by atoms with Gasteiger partial charge in [-0.1, -0.05) is 0 Å². The summed E-state index contributed by atoms with van der Waals surface area (Å²) in [7, 11) is 0. The second kappa shape index (κ2) is 5.69. The monoisotopic (exact) mass is 278 g/mol. The van der Waals surface area contributed by atoms with Crippen molar-refractivity contribution in [3.05, 3.63) is 11.9 Å². The molecule has 106 valence electrons. The normalized spacial score (nSPS) is 12.9. The highest BCUT2D eigenvalue weighted by Gasteiger charge is 2.35. The predicted octanol–water partition coefficient (Wildman–Crippen LogP) is 0.457. The number of nitrogen functional groups attached to an aromatic ring is 1. The number of primary amides is 1. The topological polar surface area (TPSA) is 119 Å². The zero-order valence-electron chi connectivity index (χ0n) is 9.95. The minimum atomic E-state index is -4.70. The van der Waals surface area contributed by atoms with Gasteiger partial charge >= 0.3 is 6.18 Å². The fourth-order valence-corrected chi connectivity index (χ4v) is 1.33. The quantitative estimate of drug-likeness (QED) is 0.459. The second-order valence-electron chi connectivity index (χ2n) is 3.82. The van der Waals surface area contributed by atoms with E-state index in [1.54, 1.807) is 6.92 Å². The summed E-state index contributed by atoms with van der Waals surface area (Å²) < 4.78 is 37.6. The minimum Gasteiger partial charge on any atom is -0.370 e. The maximum atomic E-state index is 12.5. The van der Waals surface area contributed by atoms with Crippen LogP contribution in [0, 0.1) is 0 Å². The number of aromatic nitrogens is 2. The summed E-state index contributed by atoms with van der Waals surface area (Å²) in [5, 5.41) is 2.61. The van der Waals surface area contributed by atoms with Crippen molar-refractivity contribution in [3.63, 3.8) is 0 Å². The lowest BCUT2D eigenvalue weighted by Crippen LogP contribution is -2.25. The van der Waals surface area contributed by atoms with Gasteiger partial charge in [0.25, 0.3) is 0 Å². The van der Waals surface area contributed by atoms with Gasteiger partial charge < -0.3 is 16.5 Å². The number of rotatable bonds is 5. The van der Waals surface area contributed by atoms with Crippen molar-refractivity contribution in [1.29, 1.82) is 0 Å². The minimum absolute atomic E-state index is 0.0449. The number of anilines is 2. The molecular formula is C9H13F3N6O. The maximum Gasteiger partial charge on any atom is 0.451 e. The van der Waals surface area contributed by atoms with Gasteiger partial charge in [-0.2, -0.15) is 13.2 Å². The molecule has 0 spiro atoms. The Hall–Kier alpha value is -2.10. The fraction of sp³-hybridized carbons (Fsp3) is 0.444. The Morgan fingerprint density at radius 2 is 2.00 bits per heavy atom. The molecule has 0 fully saturated rings. The van der Waals surface area contributed by atoms with Crippen molar-refractivity contribution in [2.75, 3.05) is 10.7 Å². The summed E-state index contributed by atoms with van der Waals surface area (Å²) in [6, 6.07) is 0.714. The first-order valence-electron chi connectivity index (χ1n) is 5.20. The van der Waals surface area contributed by atoms with Crippen LogP contribution in [0.4, 0.5) is 24.8 Å². The van der Waals surface area contributed by atoms with Crippen molar-refractivity contribution < 1.29 is 18.0 Å². The number of alkyl halides is 3. The first-order valence-corrected chi connectivity index (χ1v) is 5.20. The third-order valence-corrected chi connectivity index (χ3v) is 2.03. The van der Waals surface area contributed by atoms with E-state index in [0.717, 1.165) is 0 Å². The SMILES string of the molecule is CC(CC(N)=O)Nc1cc(NN)nc(C(F)(F)F)n1. The molecule has 0 aliphatic heterocycles. The summed E-state index contributed by atoms with van der Waals surface area (Å²) >= 11 is 0. The van der Waals surface area contributed by atoms with E-state index < -0.39 is 23.9 Å². The third-order valence-electron chi connectivity index (χ3n) is 2.03. The van der Waals surface area contributed by atoms with Gasteiger partial charge in [-0.15, -0.1) is 0 Å². The molecule has 6 N–H and O–H groups in total. The lowest BCUT2D eigenvalue weighted by Gasteiger charge is -2.15. The highest BCUT2D eigenvalue weighted by atomic mass is 19.4. The van der Waals surface area contributed by atoms with Gasteiger partial charge in [-0.05, 0) is 6.92 Å². The highest BCUT2D eigenvalue weighted by molar-refractivity contribution is 5.74. The molecule has 1 unspecified atom stereocenters. The largest absolute Gasteiger partial charge is 0.451 e. The van der Waals surface area contributed by atoms with Gasteiger partial charge in [-0.3, -0.25) is 4.79 Å². The molecule has 0 saturated carbocycles. The van der Waals surface area contributed by atoms with Crippen molar-refractivity contribution in [2.24, 2.45) is 11.6 Å². The van der Waals surface area contributed by atoms with E-state index in [2.05, 4.69) is 15.3 Å². The molecule has 1 rings (SSSR count). The molecule has 1 amide bonds. The Balaban J connectivity index is 2.97. The molecule has 0 bridgehead atoms. The van der Waals surface area contributed by atoms with Crippen molar-refractivity contribution in [1.82, 2.24) is 9.97 Å². The third kappa shape index (κ3) is 4.58. The summed E-state index contributed by atoms with van der Waals surface area (Å²) in [5.74, 6) is 2.81. The number of amides is 1. The van der Waals surface area contributed by atoms with E-state index in [-0.39, 0.29) is 18.1 Å². The van der Waals surface area contributed by atoms with E-state index in [4.69, 9.17) is 11.6 Å². The Bertz CT molecular complexity index is 464. The van der Waals surface area contributed by atoms with Crippen LogP contribution in [0.3, 0.4) is 0 Å². The van der Waals surface area contributed by atoms with E-state index in [9.17, 15) is 18.0 Å². The van der Waals surface area contributed by atoms with Gasteiger partial charge in [0.15, 0.2) is 0 Å². The molecule has 0 aliphatic rings. The molecule has 10 heteroatoms. The number of nitrogens with two attached hydrogens (primary N) is 2. The number of nitrogens with one attached hydrogen (secondary N) is 2. The molecule has 1 aromatic rings. The molecular weight excluding hydrogens is 265 g/mol. The highest BCUT2D eigenvalue weighted by Crippen LogP contribution is 2.28. The number of hydrogen-bond acceptors (Lipinski definition) is 6. The van der Waals surface area contributed by atoms with E-state index in [1.807, 2.05) is 5.43 Å². The molecule has 0 radical (unpaired) electrons. The molecule has 1 atom stereocenters. The Morgan fingerprint density at radius 1 is 1.42 bits per heavy atom. The Kier molecular flexibility index (Phi) is 4.48. The Labute approximate surface area is 106 Å². The second-order valence-corrected chi connectivity index (χ2v) is 3.82. The summed E-state index contributed by atoms with van der Waals surface area (Å²) in [5.41, 5.74) is 6.99. The molecule has 0 aromatic carbocycles. The maximum absolute atomic E-state index is 12.5. The van der Waals surface area contributed by atoms with Gasteiger partial charge in [0.2, 0.25) is 11.7 Å². The lowest BCUT2D eigenvalue weighted by molar-refractivity contribution is -0.144. The summed E-state index contributed by atoms with van der Waals surface area (Å²) in [6.07, 6.45) is -4.74. The summed E-state index contributed by atoms with van der Waals surface area (Å²) in [6.45, 7) is 1.58. The van der Waals surface area contributed by atoms with Crippen LogP contribution in [0.5, 0.6) is 0 Å². The van der Waals surface area contributed by atoms with Crippen LogP contribution in [-0.4, -0.2) is 21.9 Å². The average molecular weight is 278 g/mol. The smallest absolute Gasteiger partial charge is 0.370 e. The van der Waals surface area contributed by atoms with Crippen LogP contribution >= 0.6 is 0 Å². The molecule has 7 nitrogen and oxygen atoms in total. The fourth-order valence-electron chi connectivity index (χ4n) is 1.33. The number of hydrogen-bond donors (Lipinski definition) is 4. The van der Waals surface area contributed by atoms with Gasteiger partial charge in [0.1, 0.15) is 11.6 Å². The predicted molar refractivity (Wildman–Crippen MR) is 61.7 cm³/mol. The molecule has 19 heavy (non-hydrogen) atoms. The van der Waals surface area contributed by atoms with E-state index in [0.29, 0.717) is 0 Å². The molecule has 0 saturated heterocycles. The average Bonchev–Trinajstić information content (AvgIpc) is 2.25. The molecule has 0 aliphatic carbocycles. The van der Waals surface area contributed by atoms with Crippen LogP contribution in [0.15, 0.2) is 6.07 Å². The first kappa shape index (κ1) is 15.0. The number of carbonyl (C=O) groups is 1. The number of halogens is 3. The van der Waals surface area contributed by atoms with Crippen LogP contribution in [0.2, 0.25) is 0 Å². The van der Waals surface area contributed by atoms with E-state index >= 15 is 0 Å². The van der Waals surface area contributed by atoms with Crippen molar-refractivity contribution in [3.8, 4) is 0 Å². The zero-order chi connectivity index (χ0) is 14.6. The lowest BCUT2D eigenvalue weighted by atomic mass is 10.2.